The maximum absolute atomic E-state index is 12.2. The molecule has 0 aliphatic carbocycles. The zero-order valence-electron chi connectivity index (χ0n) is 12.2. The molecule has 0 aromatic carbocycles. The van der Waals surface area contributed by atoms with Gasteiger partial charge in [-0.05, 0) is 25.0 Å². The van der Waals surface area contributed by atoms with Crippen molar-refractivity contribution in [1.29, 1.82) is 0 Å². The zero-order chi connectivity index (χ0) is 15.6. The molecule has 3 aromatic heterocycles. The number of likely N-dealkylation sites (tertiary alicyclic amines) is 1. The van der Waals surface area contributed by atoms with E-state index in [-0.39, 0.29) is 17.6 Å². The predicted molar refractivity (Wildman–Crippen MR) is 76.4 cm³/mol. The number of hydrogen-bond acceptors (Lipinski definition) is 7. The van der Waals surface area contributed by atoms with Gasteiger partial charge in [-0.2, -0.15) is 0 Å². The minimum absolute atomic E-state index is 0.136. The quantitative estimate of drug-likeness (QED) is 0.731. The second kappa shape index (κ2) is 5.71. The van der Waals surface area contributed by atoms with Gasteiger partial charge in [-0.15, -0.1) is 10.2 Å². The Hall–Kier alpha value is -2.90. The van der Waals surface area contributed by atoms with Crippen molar-refractivity contribution < 1.29 is 18.2 Å². The maximum Gasteiger partial charge on any atom is 0.292 e. The van der Waals surface area contributed by atoms with Crippen molar-refractivity contribution in [2.45, 2.75) is 18.8 Å². The standard InChI is InChI=1S/C15H14N4O4/c20-15(12-3-6-16-23-12)19-7-4-10(5-8-19)13-17-18-14(22-13)11-2-1-9-21-11/h1-3,6,9-10H,4-5,7-8H2. The fourth-order valence-corrected chi connectivity index (χ4v) is 2.71. The van der Waals surface area contributed by atoms with E-state index in [1.165, 1.54) is 6.20 Å². The number of amides is 1. The van der Waals surface area contributed by atoms with Gasteiger partial charge >= 0.3 is 0 Å². The Morgan fingerprint density at radius 1 is 1.22 bits per heavy atom. The number of nitrogens with zero attached hydrogens (tertiary/aromatic N) is 4. The molecule has 1 saturated heterocycles. The van der Waals surface area contributed by atoms with E-state index >= 15 is 0 Å². The van der Waals surface area contributed by atoms with Gasteiger partial charge in [-0.1, -0.05) is 5.16 Å². The molecule has 0 bridgehead atoms. The molecule has 23 heavy (non-hydrogen) atoms. The van der Waals surface area contributed by atoms with Crippen LogP contribution in [-0.4, -0.2) is 39.3 Å². The second-order valence-corrected chi connectivity index (χ2v) is 5.37. The lowest BCUT2D eigenvalue weighted by molar-refractivity contribution is 0.0664. The fourth-order valence-electron chi connectivity index (χ4n) is 2.71. The topological polar surface area (TPSA) is 98.4 Å². The normalized spacial score (nSPS) is 15.9. The van der Waals surface area contributed by atoms with Gasteiger partial charge < -0.3 is 18.3 Å². The average molecular weight is 314 g/mol. The van der Waals surface area contributed by atoms with Crippen LogP contribution in [0, 0.1) is 0 Å². The van der Waals surface area contributed by atoms with Gasteiger partial charge in [0.2, 0.25) is 11.7 Å². The molecule has 118 valence electrons. The van der Waals surface area contributed by atoms with Crippen molar-refractivity contribution in [3.63, 3.8) is 0 Å². The fraction of sp³-hybridized carbons (Fsp3) is 0.333. The molecule has 3 aromatic rings. The molecular formula is C15H14N4O4. The van der Waals surface area contributed by atoms with Crippen molar-refractivity contribution in [2.24, 2.45) is 0 Å². The van der Waals surface area contributed by atoms with E-state index in [1.54, 1.807) is 29.4 Å². The number of furan rings is 1. The average Bonchev–Trinajstić information content (AvgIpc) is 3.36. The van der Waals surface area contributed by atoms with E-state index in [1.807, 2.05) is 0 Å². The molecule has 1 fully saturated rings. The monoisotopic (exact) mass is 314 g/mol. The molecule has 1 aliphatic rings. The molecule has 0 atom stereocenters. The second-order valence-electron chi connectivity index (χ2n) is 5.37. The van der Waals surface area contributed by atoms with Crippen LogP contribution < -0.4 is 0 Å². The lowest BCUT2D eigenvalue weighted by Crippen LogP contribution is -2.37. The number of hydrogen-bond donors (Lipinski definition) is 0. The van der Waals surface area contributed by atoms with Crippen LogP contribution in [0.5, 0.6) is 0 Å². The summed E-state index contributed by atoms with van der Waals surface area (Å²) in [5.41, 5.74) is 0. The van der Waals surface area contributed by atoms with E-state index in [0.29, 0.717) is 30.6 Å². The van der Waals surface area contributed by atoms with E-state index < -0.39 is 0 Å². The summed E-state index contributed by atoms with van der Waals surface area (Å²) in [6.07, 6.45) is 4.56. The zero-order valence-corrected chi connectivity index (χ0v) is 12.2. The highest BCUT2D eigenvalue weighted by molar-refractivity contribution is 5.91. The molecule has 1 aliphatic heterocycles. The molecule has 0 N–H and O–H groups in total. The Labute approximate surface area is 131 Å². The Morgan fingerprint density at radius 2 is 2.09 bits per heavy atom. The summed E-state index contributed by atoms with van der Waals surface area (Å²) >= 11 is 0. The van der Waals surface area contributed by atoms with E-state index in [0.717, 1.165) is 12.8 Å². The maximum atomic E-state index is 12.2. The largest absolute Gasteiger partial charge is 0.459 e. The van der Waals surface area contributed by atoms with Gasteiger partial charge in [0.15, 0.2) is 5.76 Å². The SMILES string of the molecule is O=C(c1ccno1)N1CCC(c2nnc(-c3ccco3)o2)CC1. The molecule has 8 nitrogen and oxygen atoms in total. The molecule has 4 heterocycles. The smallest absolute Gasteiger partial charge is 0.292 e. The summed E-state index contributed by atoms with van der Waals surface area (Å²) in [6.45, 7) is 1.23. The summed E-state index contributed by atoms with van der Waals surface area (Å²) in [5, 5.41) is 11.7. The van der Waals surface area contributed by atoms with Crippen LogP contribution in [0.25, 0.3) is 11.7 Å². The number of carbonyl (C=O) groups is 1. The molecule has 0 unspecified atom stereocenters. The van der Waals surface area contributed by atoms with Crippen molar-refractivity contribution in [3.8, 4) is 11.7 Å². The minimum atomic E-state index is -0.136. The van der Waals surface area contributed by atoms with E-state index in [2.05, 4.69) is 15.4 Å². The first-order chi connectivity index (χ1) is 11.3. The van der Waals surface area contributed by atoms with Crippen LogP contribution in [0.3, 0.4) is 0 Å². The predicted octanol–water partition coefficient (Wildman–Crippen LogP) is 2.34. The first kappa shape index (κ1) is 13.7. The summed E-state index contributed by atoms with van der Waals surface area (Å²) < 4.78 is 15.8. The lowest BCUT2D eigenvalue weighted by Gasteiger charge is -2.29. The summed E-state index contributed by atoms with van der Waals surface area (Å²) in [4.78, 5) is 13.9. The highest BCUT2D eigenvalue weighted by Crippen LogP contribution is 2.29. The van der Waals surface area contributed by atoms with Gasteiger partial charge in [-0.25, -0.2) is 0 Å². The highest BCUT2D eigenvalue weighted by atomic mass is 16.5. The summed E-state index contributed by atoms with van der Waals surface area (Å²) in [5.74, 6) is 1.80. The van der Waals surface area contributed by atoms with Crippen molar-refractivity contribution in [3.05, 3.63) is 42.3 Å². The third-order valence-corrected chi connectivity index (χ3v) is 3.95. The summed E-state index contributed by atoms with van der Waals surface area (Å²) in [6, 6.07) is 5.12. The van der Waals surface area contributed by atoms with Gasteiger partial charge in [0.25, 0.3) is 11.8 Å². The van der Waals surface area contributed by atoms with Crippen LogP contribution in [0.2, 0.25) is 0 Å². The van der Waals surface area contributed by atoms with Crippen molar-refractivity contribution in [1.82, 2.24) is 20.3 Å². The Kier molecular flexibility index (Phi) is 3.41. The number of carbonyl (C=O) groups excluding carboxylic acids is 1. The van der Waals surface area contributed by atoms with Gasteiger partial charge in [0.1, 0.15) is 0 Å². The molecule has 4 rings (SSSR count). The van der Waals surface area contributed by atoms with Crippen LogP contribution in [0.15, 0.2) is 44.0 Å². The first-order valence-electron chi connectivity index (χ1n) is 7.38. The van der Waals surface area contributed by atoms with Crippen LogP contribution >= 0.6 is 0 Å². The number of piperidine rings is 1. The third kappa shape index (κ3) is 2.63. The number of aromatic nitrogens is 3. The molecular weight excluding hydrogens is 300 g/mol. The third-order valence-electron chi connectivity index (χ3n) is 3.95. The van der Waals surface area contributed by atoms with Crippen LogP contribution in [-0.2, 0) is 0 Å². The van der Waals surface area contributed by atoms with Crippen LogP contribution in [0.1, 0.15) is 35.2 Å². The molecule has 1 amide bonds. The van der Waals surface area contributed by atoms with Crippen molar-refractivity contribution >= 4 is 5.91 Å². The van der Waals surface area contributed by atoms with E-state index in [4.69, 9.17) is 13.4 Å². The molecule has 8 heteroatoms. The Bertz CT molecular complexity index is 770. The van der Waals surface area contributed by atoms with Gasteiger partial charge in [0, 0.05) is 25.1 Å². The minimum Gasteiger partial charge on any atom is -0.459 e. The van der Waals surface area contributed by atoms with Crippen LogP contribution in [0.4, 0.5) is 0 Å². The first-order valence-corrected chi connectivity index (χ1v) is 7.38. The molecule has 0 spiro atoms. The van der Waals surface area contributed by atoms with Gasteiger partial charge in [0.05, 0.1) is 12.5 Å². The Balaban J connectivity index is 1.41. The van der Waals surface area contributed by atoms with Gasteiger partial charge in [-0.3, -0.25) is 4.79 Å². The van der Waals surface area contributed by atoms with E-state index in [9.17, 15) is 4.79 Å². The highest BCUT2D eigenvalue weighted by Gasteiger charge is 2.29. The number of rotatable bonds is 3. The molecule has 0 radical (unpaired) electrons. The molecule has 0 saturated carbocycles. The Morgan fingerprint density at radius 3 is 2.78 bits per heavy atom. The lowest BCUT2D eigenvalue weighted by atomic mass is 9.96. The van der Waals surface area contributed by atoms with Crippen molar-refractivity contribution in [2.75, 3.05) is 13.1 Å². The summed E-state index contributed by atoms with van der Waals surface area (Å²) in [7, 11) is 0.